The SMILES string of the molecule is CCCCCCCCOC1=C(O)C(=O)O[C@]1(C(=O)C(O)CO)[C@@H](O)CO. The first kappa shape index (κ1) is 22.4. The van der Waals surface area contributed by atoms with Crippen LogP contribution in [0.4, 0.5) is 0 Å². The second-order valence-electron chi connectivity index (χ2n) is 6.18. The van der Waals surface area contributed by atoms with E-state index in [0.29, 0.717) is 6.42 Å². The van der Waals surface area contributed by atoms with Crippen LogP contribution in [0, 0.1) is 0 Å². The van der Waals surface area contributed by atoms with Crippen LogP contribution in [0.1, 0.15) is 45.4 Å². The molecule has 1 heterocycles. The average molecular weight is 376 g/mol. The molecule has 3 atom stereocenters. The summed E-state index contributed by atoms with van der Waals surface area (Å²) < 4.78 is 10.1. The lowest BCUT2D eigenvalue weighted by atomic mass is 9.87. The summed E-state index contributed by atoms with van der Waals surface area (Å²) in [7, 11) is 0. The molecule has 0 aromatic carbocycles. The molecule has 26 heavy (non-hydrogen) atoms. The Morgan fingerprint density at radius 1 is 1.12 bits per heavy atom. The number of hydrogen-bond donors (Lipinski definition) is 5. The highest BCUT2D eigenvalue weighted by Crippen LogP contribution is 2.37. The van der Waals surface area contributed by atoms with Crippen molar-refractivity contribution >= 4 is 11.8 Å². The van der Waals surface area contributed by atoms with E-state index in [1.165, 1.54) is 0 Å². The molecular weight excluding hydrogens is 348 g/mol. The number of carbonyl (C=O) groups is 2. The van der Waals surface area contributed by atoms with Gasteiger partial charge in [0.15, 0.2) is 0 Å². The van der Waals surface area contributed by atoms with Gasteiger partial charge >= 0.3 is 5.97 Å². The van der Waals surface area contributed by atoms with Crippen molar-refractivity contribution in [3.63, 3.8) is 0 Å². The standard InChI is InChI=1S/C17H28O9/c1-2-3-4-5-6-7-8-25-15-13(22)16(24)26-17(15,12(21)10-19)14(23)11(20)9-18/h11-12,18-22H,2-10H2,1H3/t11?,12-,17-/m0/s1. The van der Waals surface area contributed by atoms with Crippen molar-refractivity contribution in [1.82, 2.24) is 0 Å². The molecule has 1 aliphatic rings. The third kappa shape index (κ3) is 4.73. The fraction of sp³-hybridized carbons (Fsp3) is 0.765. The predicted octanol–water partition coefficient (Wildman–Crippen LogP) is -0.296. The topological polar surface area (TPSA) is 154 Å². The van der Waals surface area contributed by atoms with E-state index in [1.807, 2.05) is 0 Å². The van der Waals surface area contributed by atoms with Crippen molar-refractivity contribution < 1.29 is 44.6 Å². The van der Waals surface area contributed by atoms with Gasteiger partial charge in [-0.25, -0.2) is 4.79 Å². The van der Waals surface area contributed by atoms with E-state index in [4.69, 9.17) is 14.6 Å². The number of aliphatic hydroxyl groups excluding tert-OH is 5. The quantitative estimate of drug-likeness (QED) is 0.215. The predicted molar refractivity (Wildman–Crippen MR) is 89.0 cm³/mol. The van der Waals surface area contributed by atoms with E-state index in [1.54, 1.807) is 0 Å². The number of carbonyl (C=O) groups excluding carboxylic acids is 2. The van der Waals surface area contributed by atoms with Gasteiger partial charge in [0.1, 0.15) is 12.2 Å². The van der Waals surface area contributed by atoms with E-state index in [9.17, 15) is 30.0 Å². The minimum absolute atomic E-state index is 0.0323. The zero-order valence-corrected chi connectivity index (χ0v) is 14.9. The number of ether oxygens (including phenoxy) is 2. The molecule has 1 unspecified atom stereocenters. The zero-order chi connectivity index (χ0) is 19.7. The van der Waals surface area contributed by atoms with Gasteiger partial charge in [-0.2, -0.15) is 0 Å². The van der Waals surface area contributed by atoms with Crippen LogP contribution in [0.3, 0.4) is 0 Å². The minimum Gasteiger partial charge on any atom is -0.499 e. The lowest BCUT2D eigenvalue weighted by Gasteiger charge is -2.33. The zero-order valence-electron chi connectivity index (χ0n) is 14.9. The number of aliphatic hydroxyl groups is 5. The highest BCUT2D eigenvalue weighted by molar-refractivity contribution is 6.03. The molecule has 0 bridgehead atoms. The summed E-state index contributed by atoms with van der Waals surface area (Å²) in [5.41, 5.74) is -2.60. The Hall–Kier alpha value is -1.68. The molecule has 0 radical (unpaired) electrons. The largest absolute Gasteiger partial charge is 0.499 e. The van der Waals surface area contributed by atoms with E-state index in [-0.39, 0.29) is 6.61 Å². The fourth-order valence-corrected chi connectivity index (χ4v) is 2.75. The summed E-state index contributed by atoms with van der Waals surface area (Å²) in [6, 6.07) is 0. The van der Waals surface area contributed by atoms with Crippen LogP contribution in [0.5, 0.6) is 0 Å². The Balaban J connectivity index is 2.91. The third-order valence-corrected chi connectivity index (χ3v) is 4.23. The molecule has 0 amide bonds. The normalized spacial score (nSPS) is 22.3. The van der Waals surface area contributed by atoms with Crippen LogP contribution in [0.15, 0.2) is 11.5 Å². The monoisotopic (exact) mass is 376 g/mol. The number of ketones is 1. The number of esters is 1. The van der Waals surface area contributed by atoms with Crippen molar-refractivity contribution in [2.24, 2.45) is 0 Å². The van der Waals surface area contributed by atoms with Crippen molar-refractivity contribution in [1.29, 1.82) is 0 Å². The van der Waals surface area contributed by atoms with Crippen LogP contribution in [-0.4, -0.2) is 74.9 Å². The van der Waals surface area contributed by atoms with Crippen LogP contribution in [0.2, 0.25) is 0 Å². The Kier molecular flexibility index (Phi) is 9.00. The fourth-order valence-electron chi connectivity index (χ4n) is 2.75. The number of unbranched alkanes of at least 4 members (excludes halogenated alkanes) is 5. The molecule has 0 aromatic rings. The maximum absolute atomic E-state index is 12.4. The molecule has 0 aliphatic carbocycles. The van der Waals surface area contributed by atoms with Gasteiger partial charge in [0.25, 0.3) is 5.60 Å². The van der Waals surface area contributed by atoms with E-state index < -0.39 is 54.3 Å². The molecule has 1 aliphatic heterocycles. The first-order valence-corrected chi connectivity index (χ1v) is 8.78. The summed E-state index contributed by atoms with van der Waals surface area (Å²) in [4.78, 5) is 24.2. The van der Waals surface area contributed by atoms with Gasteiger partial charge in [0.05, 0.1) is 19.8 Å². The summed E-state index contributed by atoms with van der Waals surface area (Å²) >= 11 is 0. The third-order valence-electron chi connectivity index (χ3n) is 4.23. The lowest BCUT2D eigenvalue weighted by molar-refractivity contribution is -0.179. The molecule has 5 N–H and O–H groups in total. The maximum atomic E-state index is 12.4. The van der Waals surface area contributed by atoms with Gasteiger partial charge in [0.2, 0.25) is 17.3 Å². The Morgan fingerprint density at radius 2 is 1.73 bits per heavy atom. The average Bonchev–Trinajstić information content (AvgIpc) is 2.90. The summed E-state index contributed by atoms with van der Waals surface area (Å²) in [5.74, 6) is -4.29. The molecule has 150 valence electrons. The molecular formula is C17H28O9. The van der Waals surface area contributed by atoms with Crippen LogP contribution in [0.25, 0.3) is 0 Å². The summed E-state index contributed by atoms with van der Waals surface area (Å²) in [5, 5.41) is 47.8. The molecule has 0 fully saturated rings. The van der Waals surface area contributed by atoms with Gasteiger partial charge in [-0.05, 0) is 6.42 Å². The van der Waals surface area contributed by atoms with Gasteiger partial charge in [-0.3, -0.25) is 4.79 Å². The van der Waals surface area contributed by atoms with Crippen LogP contribution in [-0.2, 0) is 19.1 Å². The van der Waals surface area contributed by atoms with Crippen molar-refractivity contribution in [3.8, 4) is 0 Å². The van der Waals surface area contributed by atoms with Gasteiger partial charge < -0.3 is 35.0 Å². The first-order chi connectivity index (χ1) is 12.4. The highest BCUT2D eigenvalue weighted by Gasteiger charge is 2.61. The summed E-state index contributed by atoms with van der Waals surface area (Å²) in [6.07, 6.45) is 1.68. The number of Topliss-reactive ketones (excluding diaryl/α,β-unsaturated/α-hetero) is 1. The first-order valence-electron chi connectivity index (χ1n) is 8.78. The van der Waals surface area contributed by atoms with E-state index in [2.05, 4.69) is 6.92 Å². The maximum Gasteiger partial charge on any atom is 0.378 e. The number of rotatable bonds is 13. The molecule has 0 aromatic heterocycles. The summed E-state index contributed by atoms with van der Waals surface area (Å²) in [6.45, 7) is 0.125. The Morgan fingerprint density at radius 3 is 2.31 bits per heavy atom. The van der Waals surface area contributed by atoms with Crippen LogP contribution >= 0.6 is 0 Å². The Bertz CT molecular complexity index is 516. The van der Waals surface area contributed by atoms with Crippen molar-refractivity contribution in [2.75, 3.05) is 19.8 Å². The Labute approximate surface area is 151 Å². The van der Waals surface area contributed by atoms with Gasteiger partial charge in [-0.1, -0.05) is 39.0 Å². The lowest BCUT2D eigenvalue weighted by Crippen LogP contribution is -2.58. The molecule has 0 spiro atoms. The molecule has 0 saturated carbocycles. The van der Waals surface area contributed by atoms with Crippen molar-refractivity contribution in [2.45, 2.75) is 63.3 Å². The highest BCUT2D eigenvalue weighted by atomic mass is 16.6. The van der Waals surface area contributed by atoms with Gasteiger partial charge in [0, 0.05) is 0 Å². The second kappa shape index (κ2) is 10.5. The molecule has 9 heteroatoms. The second-order valence-corrected chi connectivity index (χ2v) is 6.18. The van der Waals surface area contributed by atoms with Gasteiger partial charge in [-0.15, -0.1) is 0 Å². The smallest absolute Gasteiger partial charge is 0.378 e. The van der Waals surface area contributed by atoms with E-state index >= 15 is 0 Å². The molecule has 1 rings (SSSR count). The van der Waals surface area contributed by atoms with Crippen molar-refractivity contribution in [3.05, 3.63) is 11.5 Å². The van der Waals surface area contributed by atoms with Crippen LogP contribution < -0.4 is 0 Å². The molecule has 0 saturated heterocycles. The number of hydrogen-bond acceptors (Lipinski definition) is 9. The molecule has 9 nitrogen and oxygen atoms in total. The minimum atomic E-state index is -2.60. The number of cyclic esters (lactones) is 1. The van der Waals surface area contributed by atoms with E-state index in [0.717, 1.165) is 32.1 Å².